The van der Waals surface area contributed by atoms with Crippen molar-refractivity contribution in [3.63, 3.8) is 0 Å². The summed E-state index contributed by atoms with van der Waals surface area (Å²) in [6.45, 7) is 3.44. The van der Waals surface area contributed by atoms with Gasteiger partial charge in [0.15, 0.2) is 0 Å². The third-order valence-electron chi connectivity index (χ3n) is 1.78. The summed E-state index contributed by atoms with van der Waals surface area (Å²) >= 11 is 0. The van der Waals surface area contributed by atoms with E-state index in [9.17, 15) is 4.79 Å². The molecule has 0 aliphatic carbocycles. The van der Waals surface area contributed by atoms with Crippen molar-refractivity contribution in [2.75, 3.05) is 0 Å². The molecule has 1 heterocycles. The van der Waals surface area contributed by atoms with Gasteiger partial charge in [0.25, 0.3) is 0 Å². The van der Waals surface area contributed by atoms with Gasteiger partial charge >= 0.3 is 5.97 Å². The first-order valence-corrected chi connectivity index (χ1v) is 4.13. The van der Waals surface area contributed by atoms with E-state index in [4.69, 9.17) is 9.52 Å². The summed E-state index contributed by atoms with van der Waals surface area (Å²) in [6.07, 6.45) is 3.65. The van der Waals surface area contributed by atoms with E-state index < -0.39 is 5.97 Å². The standard InChI is InChI=1S/C10H12O3/c1-8(10(11)12)4-2-5-9-6-3-7-13-9/h3,6-7H,1-2,4-5H2,(H,11,12). The minimum atomic E-state index is -0.917. The third-order valence-corrected chi connectivity index (χ3v) is 1.78. The van der Waals surface area contributed by atoms with Crippen LogP contribution in [0.4, 0.5) is 0 Å². The van der Waals surface area contributed by atoms with Crippen LogP contribution >= 0.6 is 0 Å². The second-order valence-electron chi connectivity index (χ2n) is 2.84. The van der Waals surface area contributed by atoms with Crippen LogP contribution in [0.3, 0.4) is 0 Å². The van der Waals surface area contributed by atoms with Crippen LogP contribution in [-0.2, 0) is 11.2 Å². The largest absolute Gasteiger partial charge is 0.478 e. The van der Waals surface area contributed by atoms with Crippen molar-refractivity contribution < 1.29 is 14.3 Å². The summed E-state index contributed by atoms with van der Waals surface area (Å²) in [5.74, 6) is -0.0300. The molecule has 0 saturated carbocycles. The Morgan fingerprint density at radius 2 is 2.38 bits per heavy atom. The van der Waals surface area contributed by atoms with E-state index in [2.05, 4.69) is 6.58 Å². The van der Waals surface area contributed by atoms with Gasteiger partial charge in [-0.2, -0.15) is 0 Å². The molecule has 3 heteroatoms. The molecule has 0 aromatic carbocycles. The minimum absolute atomic E-state index is 0.256. The number of hydrogen-bond donors (Lipinski definition) is 1. The highest BCUT2D eigenvalue weighted by atomic mass is 16.4. The number of carbonyl (C=O) groups is 1. The van der Waals surface area contributed by atoms with E-state index in [1.807, 2.05) is 12.1 Å². The molecular formula is C10H12O3. The summed E-state index contributed by atoms with van der Waals surface area (Å²) in [5, 5.41) is 8.52. The van der Waals surface area contributed by atoms with Crippen LogP contribution in [0.5, 0.6) is 0 Å². The Morgan fingerprint density at radius 3 is 2.92 bits per heavy atom. The number of hydrogen-bond acceptors (Lipinski definition) is 2. The molecule has 0 fully saturated rings. The zero-order chi connectivity index (χ0) is 9.68. The van der Waals surface area contributed by atoms with Crippen molar-refractivity contribution in [1.29, 1.82) is 0 Å². The molecule has 0 amide bonds. The Balaban J connectivity index is 2.22. The summed E-state index contributed by atoms with van der Waals surface area (Å²) < 4.78 is 5.10. The second-order valence-corrected chi connectivity index (χ2v) is 2.84. The number of carboxylic acids is 1. The van der Waals surface area contributed by atoms with E-state index in [1.165, 1.54) is 0 Å². The molecule has 0 bridgehead atoms. The molecular weight excluding hydrogens is 168 g/mol. The first-order chi connectivity index (χ1) is 6.20. The normalized spacial score (nSPS) is 9.85. The summed E-state index contributed by atoms with van der Waals surface area (Å²) in [4.78, 5) is 10.4. The highest BCUT2D eigenvalue weighted by Crippen LogP contribution is 2.09. The molecule has 13 heavy (non-hydrogen) atoms. The van der Waals surface area contributed by atoms with Crippen LogP contribution in [0.25, 0.3) is 0 Å². The van der Waals surface area contributed by atoms with Crippen molar-refractivity contribution in [2.24, 2.45) is 0 Å². The zero-order valence-corrected chi connectivity index (χ0v) is 7.32. The van der Waals surface area contributed by atoms with Crippen molar-refractivity contribution in [3.8, 4) is 0 Å². The van der Waals surface area contributed by atoms with Crippen LogP contribution in [0, 0.1) is 0 Å². The average Bonchev–Trinajstić information content (AvgIpc) is 2.56. The predicted octanol–water partition coefficient (Wildman–Crippen LogP) is 2.24. The molecule has 70 valence electrons. The average molecular weight is 180 g/mol. The lowest BCUT2D eigenvalue weighted by molar-refractivity contribution is -0.132. The third kappa shape index (κ3) is 3.15. The van der Waals surface area contributed by atoms with E-state index >= 15 is 0 Å². The van der Waals surface area contributed by atoms with Crippen molar-refractivity contribution in [3.05, 3.63) is 36.3 Å². The Bertz CT molecular complexity index is 285. The molecule has 0 saturated heterocycles. The molecule has 1 N–H and O–H groups in total. The first kappa shape index (κ1) is 9.58. The van der Waals surface area contributed by atoms with E-state index in [1.54, 1.807) is 6.26 Å². The lowest BCUT2D eigenvalue weighted by atomic mass is 10.1. The van der Waals surface area contributed by atoms with Gasteiger partial charge in [-0.05, 0) is 25.0 Å². The Hall–Kier alpha value is -1.51. The molecule has 0 spiro atoms. The van der Waals surface area contributed by atoms with Crippen LogP contribution in [0.2, 0.25) is 0 Å². The molecule has 0 atom stereocenters. The molecule has 1 aromatic rings. The Kier molecular flexibility index (Phi) is 3.31. The van der Waals surface area contributed by atoms with Gasteiger partial charge in [-0.15, -0.1) is 0 Å². The smallest absolute Gasteiger partial charge is 0.330 e. The number of aliphatic carboxylic acids is 1. The summed E-state index contributed by atoms with van der Waals surface area (Å²) in [6, 6.07) is 3.70. The Labute approximate surface area is 76.7 Å². The van der Waals surface area contributed by atoms with Crippen LogP contribution in [-0.4, -0.2) is 11.1 Å². The maximum absolute atomic E-state index is 10.4. The molecule has 0 aliphatic rings. The number of rotatable bonds is 5. The van der Waals surface area contributed by atoms with Crippen LogP contribution in [0.15, 0.2) is 35.0 Å². The van der Waals surface area contributed by atoms with Crippen molar-refractivity contribution in [1.82, 2.24) is 0 Å². The van der Waals surface area contributed by atoms with Crippen LogP contribution in [0.1, 0.15) is 18.6 Å². The van der Waals surface area contributed by atoms with Gasteiger partial charge in [0, 0.05) is 12.0 Å². The van der Waals surface area contributed by atoms with Gasteiger partial charge < -0.3 is 9.52 Å². The zero-order valence-electron chi connectivity index (χ0n) is 7.32. The lowest BCUT2D eigenvalue weighted by Crippen LogP contribution is -1.99. The monoisotopic (exact) mass is 180 g/mol. The first-order valence-electron chi connectivity index (χ1n) is 4.13. The van der Waals surface area contributed by atoms with E-state index in [0.29, 0.717) is 6.42 Å². The molecule has 1 rings (SSSR count). The topological polar surface area (TPSA) is 50.4 Å². The number of aryl methyl sites for hydroxylation is 1. The van der Waals surface area contributed by atoms with Gasteiger partial charge in [-0.25, -0.2) is 4.79 Å². The quantitative estimate of drug-likeness (QED) is 0.707. The van der Waals surface area contributed by atoms with Crippen molar-refractivity contribution >= 4 is 5.97 Å². The summed E-state index contributed by atoms with van der Waals surface area (Å²) in [5.41, 5.74) is 0.256. The van der Waals surface area contributed by atoms with E-state index in [0.717, 1.165) is 18.6 Å². The SMILES string of the molecule is C=C(CCCc1ccco1)C(=O)O. The van der Waals surface area contributed by atoms with E-state index in [-0.39, 0.29) is 5.57 Å². The number of furan rings is 1. The predicted molar refractivity (Wildman–Crippen MR) is 48.4 cm³/mol. The molecule has 0 aliphatic heterocycles. The molecule has 0 unspecified atom stereocenters. The molecule has 3 nitrogen and oxygen atoms in total. The molecule has 0 radical (unpaired) electrons. The summed E-state index contributed by atoms with van der Waals surface area (Å²) in [7, 11) is 0. The van der Waals surface area contributed by atoms with Crippen molar-refractivity contribution in [2.45, 2.75) is 19.3 Å². The van der Waals surface area contributed by atoms with Crippen LogP contribution < -0.4 is 0 Å². The van der Waals surface area contributed by atoms with Gasteiger partial charge in [-0.3, -0.25) is 0 Å². The fraction of sp³-hybridized carbons (Fsp3) is 0.300. The lowest BCUT2D eigenvalue weighted by Gasteiger charge is -1.98. The second kappa shape index (κ2) is 4.50. The maximum Gasteiger partial charge on any atom is 0.330 e. The maximum atomic E-state index is 10.4. The highest BCUT2D eigenvalue weighted by molar-refractivity contribution is 5.85. The molecule has 1 aromatic heterocycles. The van der Waals surface area contributed by atoms with Gasteiger partial charge in [0.05, 0.1) is 6.26 Å². The Morgan fingerprint density at radius 1 is 1.62 bits per heavy atom. The fourth-order valence-corrected chi connectivity index (χ4v) is 1.04. The fourth-order valence-electron chi connectivity index (χ4n) is 1.04. The minimum Gasteiger partial charge on any atom is -0.478 e. The number of carboxylic acid groups (broad SMARTS) is 1. The highest BCUT2D eigenvalue weighted by Gasteiger charge is 2.03. The van der Waals surface area contributed by atoms with Gasteiger partial charge in [0.1, 0.15) is 5.76 Å². The van der Waals surface area contributed by atoms with Gasteiger partial charge in [0.2, 0.25) is 0 Å². The van der Waals surface area contributed by atoms with Gasteiger partial charge in [-0.1, -0.05) is 6.58 Å².